The van der Waals surface area contributed by atoms with Gasteiger partial charge in [0.05, 0.1) is 11.3 Å². The van der Waals surface area contributed by atoms with Gasteiger partial charge in [-0.2, -0.15) is 0 Å². The average Bonchev–Trinajstić information content (AvgIpc) is 2.50. The molecular formula is C17H17F2NO. The Bertz CT molecular complexity index is 695. The fourth-order valence-corrected chi connectivity index (χ4v) is 2.27. The molecule has 0 aromatic heterocycles. The van der Waals surface area contributed by atoms with Crippen molar-refractivity contribution in [2.24, 2.45) is 0 Å². The second kappa shape index (κ2) is 6.04. The molecule has 0 aliphatic rings. The molecule has 0 spiro atoms. The Balaban J connectivity index is 2.62. The van der Waals surface area contributed by atoms with E-state index in [0.29, 0.717) is 12.0 Å². The fraction of sp³-hybridized carbons (Fsp3) is 0.235. The van der Waals surface area contributed by atoms with Crippen LogP contribution < -0.4 is 5.73 Å². The van der Waals surface area contributed by atoms with Crippen LogP contribution in [0.15, 0.2) is 30.3 Å². The van der Waals surface area contributed by atoms with Crippen molar-refractivity contribution >= 4 is 11.5 Å². The maximum absolute atomic E-state index is 14.0. The summed E-state index contributed by atoms with van der Waals surface area (Å²) in [7, 11) is 0. The molecule has 0 aliphatic heterocycles. The summed E-state index contributed by atoms with van der Waals surface area (Å²) in [5.74, 6) is -2.55. The van der Waals surface area contributed by atoms with E-state index >= 15 is 0 Å². The molecule has 0 aliphatic carbocycles. The summed E-state index contributed by atoms with van der Waals surface area (Å²) < 4.78 is 27.9. The summed E-state index contributed by atoms with van der Waals surface area (Å²) in [4.78, 5) is 12.6. The summed E-state index contributed by atoms with van der Waals surface area (Å²) in [6.45, 7) is 3.85. The van der Waals surface area contributed by atoms with Gasteiger partial charge in [-0.15, -0.1) is 0 Å². The van der Waals surface area contributed by atoms with E-state index in [1.165, 1.54) is 0 Å². The van der Waals surface area contributed by atoms with E-state index < -0.39 is 23.0 Å². The third-order valence-corrected chi connectivity index (χ3v) is 3.56. The molecule has 0 saturated heterocycles. The Hall–Kier alpha value is -2.23. The Morgan fingerprint density at radius 1 is 1.10 bits per heavy atom. The lowest BCUT2D eigenvalue weighted by molar-refractivity contribution is 0.103. The zero-order valence-electron chi connectivity index (χ0n) is 12.0. The summed E-state index contributed by atoms with van der Waals surface area (Å²) in [6, 6.07) is 7.57. The number of hydrogen-bond acceptors (Lipinski definition) is 2. The standard InChI is InChI=1S/C17H17F2NO/c1-3-10-5-6-11(4-2)12(9-10)17(21)15-13(18)7-8-14(20)16(15)19/h5-9H,3-4,20H2,1-2H3. The molecule has 110 valence electrons. The first-order valence-corrected chi connectivity index (χ1v) is 6.89. The van der Waals surface area contributed by atoms with Gasteiger partial charge in [0.1, 0.15) is 5.82 Å². The number of ketones is 1. The molecule has 0 bridgehead atoms. The van der Waals surface area contributed by atoms with Crippen LogP contribution in [0, 0.1) is 11.6 Å². The van der Waals surface area contributed by atoms with Crippen LogP contribution in [0.1, 0.15) is 40.9 Å². The van der Waals surface area contributed by atoms with Crippen LogP contribution in [-0.4, -0.2) is 5.78 Å². The maximum atomic E-state index is 14.0. The predicted molar refractivity (Wildman–Crippen MR) is 79.4 cm³/mol. The van der Waals surface area contributed by atoms with Crippen molar-refractivity contribution in [2.45, 2.75) is 26.7 Å². The Morgan fingerprint density at radius 3 is 2.43 bits per heavy atom. The SMILES string of the molecule is CCc1ccc(CC)c(C(=O)c2c(F)ccc(N)c2F)c1. The normalized spacial score (nSPS) is 10.7. The van der Waals surface area contributed by atoms with Gasteiger partial charge in [0.15, 0.2) is 11.6 Å². The number of carbonyl (C=O) groups is 1. The predicted octanol–water partition coefficient (Wildman–Crippen LogP) is 3.90. The topological polar surface area (TPSA) is 43.1 Å². The van der Waals surface area contributed by atoms with Crippen molar-refractivity contribution in [1.29, 1.82) is 0 Å². The number of halogens is 2. The number of nitrogens with two attached hydrogens (primary N) is 1. The first-order chi connectivity index (χ1) is 9.99. The lowest BCUT2D eigenvalue weighted by Crippen LogP contribution is -2.12. The van der Waals surface area contributed by atoms with Crippen molar-refractivity contribution in [1.82, 2.24) is 0 Å². The monoisotopic (exact) mass is 289 g/mol. The first-order valence-electron chi connectivity index (χ1n) is 6.89. The van der Waals surface area contributed by atoms with Gasteiger partial charge in [-0.05, 0) is 42.2 Å². The summed E-state index contributed by atoms with van der Waals surface area (Å²) in [5, 5.41) is 0. The summed E-state index contributed by atoms with van der Waals surface area (Å²) >= 11 is 0. The molecule has 4 heteroatoms. The van der Waals surface area contributed by atoms with E-state index in [9.17, 15) is 13.6 Å². The quantitative estimate of drug-likeness (QED) is 0.685. The van der Waals surface area contributed by atoms with Gasteiger partial charge in [0, 0.05) is 5.56 Å². The second-order valence-corrected chi connectivity index (χ2v) is 4.85. The highest BCUT2D eigenvalue weighted by atomic mass is 19.1. The van der Waals surface area contributed by atoms with Crippen molar-refractivity contribution in [3.63, 3.8) is 0 Å². The maximum Gasteiger partial charge on any atom is 0.199 e. The van der Waals surface area contributed by atoms with Crippen LogP contribution in [-0.2, 0) is 12.8 Å². The number of benzene rings is 2. The van der Waals surface area contributed by atoms with Crippen molar-refractivity contribution in [3.05, 3.63) is 64.2 Å². The minimum Gasteiger partial charge on any atom is -0.396 e. The van der Waals surface area contributed by atoms with Crippen LogP contribution in [0.2, 0.25) is 0 Å². The van der Waals surface area contributed by atoms with Crippen LogP contribution in [0.4, 0.5) is 14.5 Å². The fourth-order valence-electron chi connectivity index (χ4n) is 2.27. The van der Waals surface area contributed by atoms with Gasteiger partial charge in [0.25, 0.3) is 0 Å². The van der Waals surface area contributed by atoms with Crippen LogP contribution >= 0.6 is 0 Å². The van der Waals surface area contributed by atoms with Crippen LogP contribution in [0.3, 0.4) is 0 Å². The number of rotatable bonds is 4. The van der Waals surface area contributed by atoms with Crippen molar-refractivity contribution in [3.8, 4) is 0 Å². The molecular weight excluding hydrogens is 272 g/mol. The van der Waals surface area contributed by atoms with Crippen molar-refractivity contribution < 1.29 is 13.6 Å². The molecule has 21 heavy (non-hydrogen) atoms. The largest absolute Gasteiger partial charge is 0.396 e. The summed E-state index contributed by atoms with van der Waals surface area (Å²) in [6.07, 6.45) is 1.35. The van der Waals surface area contributed by atoms with E-state index in [-0.39, 0.29) is 5.69 Å². The van der Waals surface area contributed by atoms with E-state index in [0.717, 1.165) is 29.7 Å². The number of nitrogen functional groups attached to an aromatic ring is 1. The lowest BCUT2D eigenvalue weighted by Gasteiger charge is -2.11. The van der Waals surface area contributed by atoms with Gasteiger partial charge in [-0.25, -0.2) is 8.78 Å². The Morgan fingerprint density at radius 2 is 1.81 bits per heavy atom. The molecule has 0 heterocycles. The molecule has 2 nitrogen and oxygen atoms in total. The average molecular weight is 289 g/mol. The highest BCUT2D eigenvalue weighted by Gasteiger charge is 2.22. The van der Waals surface area contributed by atoms with Crippen LogP contribution in [0.25, 0.3) is 0 Å². The zero-order valence-corrected chi connectivity index (χ0v) is 12.0. The molecule has 0 radical (unpaired) electrons. The third-order valence-electron chi connectivity index (χ3n) is 3.56. The van der Waals surface area contributed by atoms with E-state index in [1.54, 1.807) is 6.07 Å². The number of carbonyl (C=O) groups excluding carboxylic acids is 1. The van der Waals surface area contributed by atoms with Gasteiger partial charge in [-0.3, -0.25) is 4.79 Å². The number of hydrogen-bond donors (Lipinski definition) is 1. The number of anilines is 1. The zero-order chi connectivity index (χ0) is 15.6. The molecule has 2 rings (SSSR count). The summed E-state index contributed by atoms with van der Waals surface area (Å²) in [5.41, 5.74) is 6.66. The minimum atomic E-state index is -0.996. The van der Waals surface area contributed by atoms with E-state index in [1.807, 2.05) is 26.0 Å². The van der Waals surface area contributed by atoms with E-state index in [2.05, 4.69) is 0 Å². The van der Waals surface area contributed by atoms with Gasteiger partial charge in [-0.1, -0.05) is 26.0 Å². The Labute approximate surface area is 122 Å². The second-order valence-electron chi connectivity index (χ2n) is 4.85. The minimum absolute atomic E-state index is 0.232. The molecule has 0 saturated carbocycles. The highest BCUT2D eigenvalue weighted by Crippen LogP contribution is 2.24. The molecule has 2 aromatic carbocycles. The smallest absolute Gasteiger partial charge is 0.199 e. The van der Waals surface area contributed by atoms with Crippen LogP contribution in [0.5, 0.6) is 0 Å². The lowest BCUT2D eigenvalue weighted by atomic mass is 9.93. The van der Waals surface area contributed by atoms with E-state index in [4.69, 9.17) is 5.73 Å². The molecule has 2 N–H and O–H groups in total. The van der Waals surface area contributed by atoms with Gasteiger partial charge >= 0.3 is 0 Å². The highest BCUT2D eigenvalue weighted by molar-refractivity contribution is 6.10. The third kappa shape index (κ3) is 2.79. The molecule has 0 amide bonds. The number of aryl methyl sites for hydroxylation is 2. The van der Waals surface area contributed by atoms with Gasteiger partial charge in [0.2, 0.25) is 0 Å². The molecule has 0 fully saturated rings. The Kier molecular flexibility index (Phi) is 4.36. The first kappa shape index (κ1) is 15.2. The molecule has 0 atom stereocenters. The van der Waals surface area contributed by atoms with Gasteiger partial charge < -0.3 is 5.73 Å². The van der Waals surface area contributed by atoms with Crippen molar-refractivity contribution in [2.75, 3.05) is 5.73 Å². The molecule has 2 aromatic rings. The molecule has 0 unspecified atom stereocenters.